The van der Waals surface area contributed by atoms with Gasteiger partial charge in [-0.25, -0.2) is 0 Å². The number of likely N-dealkylation sites (N-methyl/N-ethyl adjacent to an activating group) is 1. The van der Waals surface area contributed by atoms with Crippen molar-refractivity contribution in [2.75, 3.05) is 26.2 Å². The van der Waals surface area contributed by atoms with Crippen molar-refractivity contribution in [3.8, 4) is 0 Å². The van der Waals surface area contributed by atoms with E-state index in [9.17, 15) is 9.59 Å². The normalized spacial score (nSPS) is 16.1. The average molecular weight is 412 g/mol. The predicted molar refractivity (Wildman–Crippen MR) is 114 cm³/mol. The van der Waals surface area contributed by atoms with Crippen LogP contribution in [0.15, 0.2) is 57.7 Å². The molecule has 29 heavy (non-hydrogen) atoms. The van der Waals surface area contributed by atoms with Crippen LogP contribution in [-0.2, 0) is 0 Å². The number of amides is 1. The highest BCUT2D eigenvalue weighted by atomic mass is 35.5. The number of nitrogens with one attached hydrogen (secondary N) is 1. The Bertz CT molecular complexity index is 1100. The van der Waals surface area contributed by atoms with E-state index in [1.807, 2.05) is 12.1 Å². The van der Waals surface area contributed by atoms with E-state index in [4.69, 9.17) is 16.0 Å². The Hall–Kier alpha value is -2.63. The van der Waals surface area contributed by atoms with Gasteiger partial charge in [0, 0.05) is 5.02 Å². The molecule has 0 saturated heterocycles. The molecule has 1 aliphatic rings. The number of nitrogens with zero attached hydrogens (tertiary/aromatic N) is 1. The van der Waals surface area contributed by atoms with Crippen LogP contribution in [0.4, 0.5) is 0 Å². The average Bonchev–Trinajstić information content (AvgIpc) is 3.02. The second-order valence-corrected chi connectivity index (χ2v) is 7.77. The van der Waals surface area contributed by atoms with E-state index in [1.165, 1.54) is 4.90 Å². The molecule has 150 valence electrons. The number of carbonyl (C=O) groups excluding carboxylic acids is 1. The second-order valence-electron chi connectivity index (χ2n) is 7.33. The maximum Gasteiger partial charge on any atom is 0.291 e. The summed E-state index contributed by atoms with van der Waals surface area (Å²) in [4.78, 5) is 29.8. The van der Waals surface area contributed by atoms with Gasteiger partial charge < -0.3 is 14.2 Å². The van der Waals surface area contributed by atoms with Gasteiger partial charge in [-0.15, -0.1) is 0 Å². The van der Waals surface area contributed by atoms with Crippen LogP contribution in [0.5, 0.6) is 0 Å². The molecule has 0 saturated carbocycles. The molecular weight excluding hydrogens is 388 g/mol. The van der Waals surface area contributed by atoms with Crippen molar-refractivity contribution in [3.63, 3.8) is 0 Å². The second kappa shape index (κ2) is 8.01. The van der Waals surface area contributed by atoms with Gasteiger partial charge in [0.25, 0.3) is 5.91 Å². The first-order valence-corrected chi connectivity index (χ1v) is 10.4. The molecule has 0 spiro atoms. The fourth-order valence-electron chi connectivity index (χ4n) is 4.07. The number of para-hydroxylation sites is 1. The smallest absolute Gasteiger partial charge is 0.291 e. The maximum atomic E-state index is 13.3. The summed E-state index contributed by atoms with van der Waals surface area (Å²) in [5, 5.41) is 1.11. The molecule has 3 aromatic rings. The Labute approximate surface area is 174 Å². The molecule has 6 heteroatoms. The summed E-state index contributed by atoms with van der Waals surface area (Å²) in [5.41, 5.74) is 1.58. The number of hydrogen-bond donors (Lipinski definition) is 1. The SMILES string of the molecule is CC[NH+](CC)CCN1C(=O)c2oc3ccccc3c(=O)c2[C@H]1c1ccc(Cl)cc1. The number of rotatable bonds is 6. The molecule has 5 nitrogen and oxygen atoms in total. The van der Waals surface area contributed by atoms with Gasteiger partial charge in [0.15, 0.2) is 5.43 Å². The summed E-state index contributed by atoms with van der Waals surface area (Å²) in [7, 11) is 0. The zero-order chi connectivity index (χ0) is 20.5. The van der Waals surface area contributed by atoms with Crippen molar-refractivity contribution < 1.29 is 14.1 Å². The Morgan fingerprint density at radius 2 is 1.72 bits per heavy atom. The molecule has 4 rings (SSSR count). The first-order valence-electron chi connectivity index (χ1n) is 10.0. The topological polar surface area (TPSA) is 55.0 Å². The third kappa shape index (κ3) is 3.45. The van der Waals surface area contributed by atoms with Gasteiger partial charge >= 0.3 is 0 Å². The van der Waals surface area contributed by atoms with Crippen LogP contribution in [0, 0.1) is 0 Å². The van der Waals surface area contributed by atoms with E-state index in [0.717, 1.165) is 25.2 Å². The van der Waals surface area contributed by atoms with E-state index >= 15 is 0 Å². The molecule has 0 radical (unpaired) electrons. The monoisotopic (exact) mass is 411 g/mol. The molecule has 0 unspecified atom stereocenters. The first-order chi connectivity index (χ1) is 14.0. The van der Waals surface area contributed by atoms with Gasteiger partial charge in [0.2, 0.25) is 5.76 Å². The summed E-state index contributed by atoms with van der Waals surface area (Å²) < 4.78 is 5.94. The summed E-state index contributed by atoms with van der Waals surface area (Å²) in [6.45, 7) is 7.59. The lowest BCUT2D eigenvalue weighted by atomic mass is 9.98. The van der Waals surface area contributed by atoms with Gasteiger partial charge in [-0.1, -0.05) is 35.9 Å². The lowest BCUT2D eigenvalue weighted by Gasteiger charge is -2.26. The van der Waals surface area contributed by atoms with Crippen molar-refractivity contribution in [2.24, 2.45) is 0 Å². The maximum absolute atomic E-state index is 13.3. The van der Waals surface area contributed by atoms with Gasteiger partial charge in [-0.3, -0.25) is 9.59 Å². The van der Waals surface area contributed by atoms with E-state index in [1.54, 1.807) is 41.3 Å². The number of carbonyl (C=O) groups is 1. The van der Waals surface area contributed by atoms with Gasteiger partial charge in [0.1, 0.15) is 5.58 Å². The van der Waals surface area contributed by atoms with Crippen molar-refractivity contribution >= 4 is 28.5 Å². The van der Waals surface area contributed by atoms with Crippen molar-refractivity contribution in [1.29, 1.82) is 0 Å². The van der Waals surface area contributed by atoms with Crippen molar-refractivity contribution in [3.05, 3.63) is 80.7 Å². The number of halogens is 1. The standard InChI is InChI=1S/C23H23ClN2O3/c1-3-25(4-2)13-14-26-20(15-9-11-16(24)12-10-15)19-21(27)17-7-5-6-8-18(17)29-22(19)23(26)28/h5-12,20H,3-4,13-14H2,1-2H3/p+1/t20-/m1/s1. The molecule has 0 aliphatic carbocycles. The largest absolute Gasteiger partial charge is 0.450 e. The highest BCUT2D eigenvalue weighted by Crippen LogP contribution is 2.38. The summed E-state index contributed by atoms with van der Waals surface area (Å²) >= 11 is 6.07. The molecule has 1 N–H and O–H groups in total. The van der Waals surface area contributed by atoms with Crippen molar-refractivity contribution in [1.82, 2.24) is 4.90 Å². The number of quaternary nitrogens is 1. The van der Waals surface area contributed by atoms with Gasteiger partial charge in [0.05, 0.1) is 43.2 Å². The molecule has 1 aliphatic heterocycles. The molecule has 2 aromatic carbocycles. The lowest BCUT2D eigenvalue weighted by Crippen LogP contribution is -3.12. The zero-order valence-corrected chi connectivity index (χ0v) is 17.3. The zero-order valence-electron chi connectivity index (χ0n) is 16.6. The molecule has 1 amide bonds. The molecule has 1 atom stereocenters. The highest BCUT2D eigenvalue weighted by molar-refractivity contribution is 6.30. The lowest BCUT2D eigenvalue weighted by molar-refractivity contribution is -0.895. The summed E-state index contributed by atoms with van der Waals surface area (Å²) in [6.07, 6.45) is 0. The van der Waals surface area contributed by atoms with Crippen molar-refractivity contribution in [2.45, 2.75) is 19.9 Å². The Morgan fingerprint density at radius 1 is 1.03 bits per heavy atom. The summed E-state index contributed by atoms with van der Waals surface area (Å²) in [6, 6.07) is 13.9. The number of hydrogen-bond acceptors (Lipinski definition) is 3. The van der Waals surface area contributed by atoms with Crippen LogP contribution in [0.2, 0.25) is 5.02 Å². The molecule has 0 fully saturated rings. The Balaban J connectivity index is 1.85. The van der Waals surface area contributed by atoms with Crippen LogP contribution in [0.3, 0.4) is 0 Å². The third-order valence-corrected chi connectivity index (χ3v) is 6.02. The third-order valence-electron chi connectivity index (χ3n) is 5.77. The van der Waals surface area contributed by atoms with Crippen LogP contribution in [0.25, 0.3) is 11.0 Å². The first kappa shape index (κ1) is 19.7. The minimum atomic E-state index is -0.467. The minimum absolute atomic E-state index is 0.146. The minimum Gasteiger partial charge on any atom is -0.450 e. The quantitative estimate of drug-likeness (QED) is 0.678. The van der Waals surface area contributed by atoms with Crippen LogP contribution in [-0.4, -0.2) is 37.0 Å². The van der Waals surface area contributed by atoms with E-state index in [0.29, 0.717) is 28.1 Å². The number of fused-ring (bicyclic) bond motifs is 2. The molecular formula is C23H24ClN2O3+. The van der Waals surface area contributed by atoms with E-state index in [-0.39, 0.29) is 17.1 Å². The Morgan fingerprint density at radius 3 is 2.41 bits per heavy atom. The van der Waals surface area contributed by atoms with Crippen LogP contribution >= 0.6 is 11.6 Å². The summed E-state index contributed by atoms with van der Waals surface area (Å²) in [5.74, 6) is -0.0717. The Kier molecular flexibility index (Phi) is 5.43. The number of benzene rings is 2. The fraction of sp³-hybridized carbons (Fsp3) is 0.304. The fourth-order valence-corrected chi connectivity index (χ4v) is 4.20. The molecule has 2 heterocycles. The van der Waals surface area contributed by atoms with Gasteiger partial charge in [-0.2, -0.15) is 0 Å². The van der Waals surface area contributed by atoms with Crippen LogP contribution < -0.4 is 10.3 Å². The van der Waals surface area contributed by atoms with E-state index in [2.05, 4.69) is 13.8 Å². The highest BCUT2D eigenvalue weighted by Gasteiger charge is 2.42. The molecule has 0 bridgehead atoms. The molecule has 1 aromatic heterocycles. The van der Waals surface area contributed by atoms with E-state index < -0.39 is 6.04 Å². The van der Waals surface area contributed by atoms with Crippen LogP contribution in [0.1, 0.15) is 41.6 Å². The predicted octanol–water partition coefficient (Wildman–Crippen LogP) is 2.92. The van der Waals surface area contributed by atoms with Gasteiger partial charge in [-0.05, 0) is 43.7 Å².